The lowest BCUT2D eigenvalue weighted by atomic mass is 10.2. The number of carbonyl (C=O) groups is 1. The van der Waals surface area contributed by atoms with Gasteiger partial charge in [0, 0.05) is 17.9 Å². The molecule has 0 unspecified atom stereocenters. The number of benzene rings is 2. The van der Waals surface area contributed by atoms with E-state index in [-0.39, 0.29) is 17.3 Å². The van der Waals surface area contributed by atoms with Gasteiger partial charge in [0.25, 0.3) is 5.69 Å². The van der Waals surface area contributed by atoms with Crippen molar-refractivity contribution in [1.82, 2.24) is 5.43 Å². The number of nitro groups is 1. The molecule has 1 N–H and O–H groups in total. The van der Waals surface area contributed by atoms with Crippen molar-refractivity contribution in [2.45, 2.75) is 5.75 Å². The zero-order valence-electron chi connectivity index (χ0n) is 13.5. The Hall–Kier alpha value is -2.87. The molecule has 2 rings (SSSR count). The Kier molecular flexibility index (Phi) is 6.97. The summed E-state index contributed by atoms with van der Waals surface area (Å²) in [6, 6.07) is 13.6. The van der Waals surface area contributed by atoms with Crippen LogP contribution in [0.1, 0.15) is 11.1 Å². The number of nitrogens with zero attached hydrogens (tertiary/aromatic N) is 2. The summed E-state index contributed by atoms with van der Waals surface area (Å²) in [5.41, 5.74) is 4.25. The van der Waals surface area contributed by atoms with Crippen LogP contribution in [0.3, 0.4) is 0 Å². The maximum Gasteiger partial charge on any atom is 0.269 e. The molecule has 0 spiro atoms. The number of nitrogens with one attached hydrogen (secondary N) is 1. The molecule has 0 radical (unpaired) electrons. The molecule has 0 heterocycles. The van der Waals surface area contributed by atoms with E-state index in [2.05, 4.69) is 10.5 Å². The smallest absolute Gasteiger partial charge is 0.269 e. The summed E-state index contributed by atoms with van der Waals surface area (Å²) in [7, 11) is 1.58. The molecule has 0 aliphatic rings. The van der Waals surface area contributed by atoms with Crippen LogP contribution in [0, 0.1) is 10.1 Å². The number of nitro benzene ring substituents is 1. The second kappa shape index (κ2) is 9.43. The second-order valence-corrected chi connectivity index (χ2v) is 5.97. The quantitative estimate of drug-likeness (QED) is 0.444. The highest BCUT2D eigenvalue weighted by Gasteiger charge is 2.05. The SMILES string of the molecule is COc1cccc(/C=N/NC(=O)CSCc2ccc([N+](=O)[O-])cc2)c1. The summed E-state index contributed by atoms with van der Waals surface area (Å²) in [6.45, 7) is 0. The van der Waals surface area contributed by atoms with Gasteiger partial charge in [-0.05, 0) is 23.3 Å². The maximum atomic E-state index is 11.7. The van der Waals surface area contributed by atoms with Crippen LogP contribution < -0.4 is 10.2 Å². The Bertz CT molecular complexity index is 763. The van der Waals surface area contributed by atoms with E-state index in [0.29, 0.717) is 11.5 Å². The lowest BCUT2D eigenvalue weighted by molar-refractivity contribution is -0.384. The summed E-state index contributed by atoms with van der Waals surface area (Å²) < 4.78 is 5.11. The third-order valence-corrected chi connectivity index (χ3v) is 4.15. The van der Waals surface area contributed by atoms with Gasteiger partial charge in [-0.25, -0.2) is 5.43 Å². The van der Waals surface area contributed by atoms with Gasteiger partial charge in [0.05, 0.1) is 24.0 Å². The van der Waals surface area contributed by atoms with E-state index in [1.165, 1.54) is 23.9 Å². The molecule has 1 amide bonds. The number of hydrazone groups is 1. The first-order valence-corrected chi connectivity index (χ1v) is 8.51. The van der Waals surface area contributed by atoms with Gasteiger partial charge in [0.15, 0.2) is 0 Å². The average Bonchev–Trinajstić information content (AvgIpc) is 2.62. The highest BCUT2D eigenvalue weighted by Crippen LogP contribution is 2.16. The van der Waals surface area contributed by atoms with Crippen molar-refractivity contribution in [2.24, 2.45) is 5.10 Å². The van der Waals surface area contributed by atoms with Gasteiger partial charge < -0.3 is 4.74 Å². The molecule has 0 aliphatic carbocycles. The minimum Gasteiger partial charge on any atom is -0.497 e. The van der Waals surface area contributed by atoms with Gasteiger partial charge in [-0.1, -0.05) is 24.3 Å². The number of ether oxygens (including phenoxy) is 1. The Morgan fingerprint density at radius 1 is 1.32 bits per heavy atom. The number of rotatable bonds is 8. The molecule has 7 nitrogen and oxygen atoms in total. The molecule has 0 bridgehead atoms. The molecule has 2 aromatic carbocycles. The van der Waals surface area contributed by atoms with Gasteiger partial charge in [-0.3, -0.25) is 14.9 Å². The molecule has 0 atom stereocenters. The minimum atomic E-state index is -0.440. The summed E-state index contributed by atoms with van der Waals surface area (Å²) >= 11 is 1.41. The molecular formula is C17H17N3O4S. The molecular weight excluding hydrogens is 342 g/mol. The highest BCUT2D eigenvalue weighted by atomic mass is 32.2. The summed E-state index contributed by atoms with van der Waals surface area (Å²) in [5, 5.41) is 14.5. The van der Waals surface area contributed by atoms with Crippen LogP contribution in [0.5, 0.6) is 5.75 Å². The van der Waals surface area contributed by atoms with Crippen molar-refractivity contribution >= 4 is 29.6 Å². The molecule has 0 saturated heterocycles. The van der Waals surface area contributed by atoms with Gasteiger partial charge in [0.2, 0.25) is 5.91 Å². The van der Waals surface area contributed by atoms with E-state index in [9.17, 15) is 14.9 Å². The first-order valence-electron chi connectivity index (χ1n) is 7.35. The third-order valence-electron chi connectivity index (χ3n) is 3.15. The van der Waals surface area contributed by atoms with Crippen molar-refractivity contribution in [2.75, 3.05) is 12.9 Å². The summed E-state index contributed by atoms with van der Waals surface area (Å²) in [4.78, 5) is 21.9. The van der Waals surface area contributed by atoms with Crippen LogP contribution in [-0.2, 0) is 10.5 Å². The highest BCUT2D eigenvalue weighted by molar-refractivity contribution is 7.99. The lowest BCUT2D eigenvalue weighted by Gasteiger charge is -2.02. The van der Waals surface area contributed by atoms with E-state index in [4.69, 9.17) is 4.74 Å². The van der Waals surface area contributed by atoms with Gasteiger partial charge in [0.1, 0.15) is 5.75 Å². The summed E-state index contributed by atoms with van der Waals surface area (Å²) in [5.74, 6) is 1.33. The van der Waals surface area contributed by atoms with Crippen molar-refractivity contribution in [3.63, 3.8) is 0 Å². The number of hydrogen-bond acceptors (Lipinski definition) is 6. The molecule has 0 aromatic heterocycles. The number of hydrogen-bond donors (Lipinski definition) is 1. The van der Waals surface area contributed by atoms with E-state index in [1.54, 1.807) is 31.5 Å². The fourth-order valence-corrected chi connectivity index (χ4v) is 2.69. The number of thioether (sulfide) groups is 1. The first-order chi connectivity index (χ1) is 12.1. The fraction of sp³-hybridized carbons (Fsp3) is 0.176. The van der Waals surface area contributed by atoms with Crippen LogP contribution in [0.4, 0.5) is 5.69 Å². The largest absolute Gasteiger partial charge is 0.497 e. The topological polar surface area (TPSA) is 93.8 Å². The number of amides is 1. The van der Waals surface area contributed by atoms with Crippen LogP contribution in [0.15, 0.2) is 53.6 Å². The van der Waals surface area contributed by atoms with Crippen LogP contribution >= 0.6 is 11.8 Å². The average molecular weight is 359 g/mol. The monoisotopic (exact) mass is 359 g/mol. The molecule has 8 heteroatoms. The second-order valence-electron chi connectivity index (χ2n) is 4.99. The van der Waals surface area contributed by atoms with Crippen LogP contribution in [-0.4, -0.2) is 29.9 Å². The lowest BCUT2D eigenvalue weighted by Crippen LogP contribution is -2.19. The zero-order chi connectivity index (χ0) is 18.1. The van der Waals surface area contributed by atoms with Crippen LogP contribution in [0.2, 0.25) is 0 Å². The number of carbonyl (C=O) groups excluding carboxylic acids is 1. The van der Waals surface area contributed by atoms with E-state index in [1.807, 2.05) is 18.2 Å². The molecule has 2 aromatic rings. The zero-order valence-corrected chi connectivity index (χ0v) is 14.4. The standard InChI is InChI=1S/C17H17N3O4S/c1-24-16-4-2-3-14(9-16)10-18-19-17(21)12-25-11-13-5-7-15(8-6-13)20(22)23/h2-10H,11-12H2,1H3,(H,19,21)/b18-10+. The molecule has 0 saturated carbocycles. The number of non-ortho nitro benzene ring substituents is 1. The Balaban J connectivity index is 1.73. The third kappa shape index (κ3) is 6.27. The van der Waals surface area contributed by atoms with E-state index < -0.39 is 4.92 Å². The van der Waals surface area contributed by atoms with Gasteiger partial charge in [-0.15, -0.1) is 11.8 Å². The van der Waals surface area contributed by atoms with Crippen molar-refractivity contribution < 1.29 is 14.5 Å². The molecule has 0 aliphatic heterocycles. The van der Waals surface area contributed by atoms with Crippen molar-refractivity contribution in [3.8, 4) is 5.75 Å². The van der Waals surface area contributed by atoms with Gasteiger partial charge in [-0.2, -0.15) is 5.10 Å². The maximum absolute atomic E-state index is 11.7. The minimum absolute atomic E-state index is 0.0540. The normalized spacial score (nSPS) is 10.6. The Labute approximate surface area is 149 Å². The Morgan fingerprint density at radius 3 is 2.76 bits per heavy atom. The molecule has 0 fully saturated rings. The predicted octanol–water partition coefficient (Wildman–Crippen LogP) is 2.99. The van der Waals surface area contributed by atoms with Crippen LogP contribution in [0.25, 0.3) is 0 Å². The van der Waals surface area contributed by atoms with Gasteiger partial charge >= 0.3 is 0 Å². The number of methoxy groups -OCH3 is 1. The molecule has 130 valence electrons. The van der Waals surface area contributed by atoms with E-state index >= 15 is 0 Å². The van der Waals surface area contributed by atoms with Crippen molar-refractivity contribution in [3.05, 3.63) is 69.8 Å². The molecule has 25 heavy (non-hydrogen) atoms. The fourth-order valence-electron chi connectivity index (χ4n) is 1.91. The summed E-state index contributed by atoms with van der Waals surface area (Å²) in [6.07, 6.45) is 1.54. The van der Waals surface area contributed by atoms with Crippen molar-refractivity contribution in [1.29, 1.82) is 0 Å². The Morgan fingerprint density at radius 2 is 2.08 bits per heavy atom. The predicted molar refractivity (Wildman–Crippen MR) is 98.0 cm³/mol. The first kappa shape index (κ1) is 18.5. The van der Waals surface area contributed by atoms with E-state index in [0.717, 1.165) is 11.1 Å².